The van der Waals surface area contributed by atoms with Crippen molar-refractivity contribution in [1.82, 2.24) is 0 Å². The van der Waals surface area contributed by atoms with Crippen LogP contribution in [0.25, 0.3) is 0 Å². The highest BCUT2D eigenvalue weighted by molar-refractivity contribution is 5.49. The fourth-order valence-corrected chi connectivity index (χ4v) is 2.39. The van der Waals surface area contributed by atoms with E-state index in [0.717, 1.165) is 11.3 Å². The Morgan fingerprint density at radius 3 is 2.31 bits per heavy atom. The van der Waals surface area contributed by atoms with E-state index in [2.05, 4.69) is 5.32 Å². The molecule has 0 fully saturated rings. The molecule has 0 aliphatic carbocycles. The van der Waals surface area contributed by atoms with Crippen LogP contribution >= 0.6 is 0 Å². The highest BCUT2D eigenvalue weighted by Crippen LogP contribution is 2.18. The third kappa shape index (κ3) is 4.57. The zero-order valence-corrected chi connectivity index (χ0v) is 13.9. The van der Waals surface area contributed by atoms with Crippen LogP contribution in [-0.2, 0) is 13.2 Å². The Morgan fingerprint density at radius 2 is 1.65 bits per heavy atom. The first-order valence-electron chi connectivity index (χ1n) is 8.05. The van der Waals surface area contributed by atoms with E-state index in [9.17, 15) is 14.5 Å². The van der Waals surface area contributed by atoms with Gasteiger partial charge in [0.2, 0.25) is 0 Å². The van der Waals surface area contributed by atoms with Gasteiger partial charge < -0.3 is 10.1 Å². The third-order valence-electron chi connectivity index (χ3n) is 3.85. The van der Waals surface area contributed by atoms with E-state index in [1.807, 2.05) is 24.3 Å². The number of nitrogens with one attached hydrogen (secondary N) is 1. The number of hydrogen-bond donors (Lipinski definition) is 1. The van der Waals surface area contributed by atoms with Gasteiger partial charge in [0.25, 0.3) is 5.69 Å². The van der Waals surface area contributed by atoms with Crippen molar-refractivity contribution in [2.24, 2.45) is 0 Å². The van der Waals surface area contributed by atoms with Gasteiger partial charge in [0, 0.05) is 29.9 Å². The van der Waals surface area contributed by atoms with Crippen LogP contribution in [-0.4, -0.2) is 4.92 Å². The molecule has 0 atom stereocenters. The number of hydrogen-bond acceptors (Lipinski definition) is 4. The van der Waals surface area contributed by atoms with Crippen molar-refractivity contribution in [2.45, 2.75) is 13.2 Å². The minimum absolute atomic E-state index is 0.0619. The van der Waals surface area contributed by atoms with Gasteiger partial charge in [-0.15, -0.1) is 0 Å². The number of rotatable bonds is 7. The Labute approximate surface area is 150 Å². The Kier molecular flexibility index (Phi) is 5.43. The van der Waals surface area contributed by atoms with Gasteiger partial charge in [0.15, 0.2) is 0 Å². The Hall–Kier alpha value is -3.41. The lowest BCUT2D eigenvalue weighted by molar-refractivity contribution is -0.384. The number of benzene rings is 3. The maximum atomic E-state index is 13.6. The molecular weight excluding hydrogens is 335 g/mol. The third-order valence-corrected chi connectivity index (χ3v) is 3.85. The molecule has 0 aliphatic heterocycles. The molecule has 0 saturated heterocycles. The second kappa shape index (κ2) is 8.11. The summed E-state index contributed by atoms with van der Waals surface area (Å²) in [6, 6.07) is 20.3. The number of nitrogens with zero attached hydrogens (tertiary/aromatic N) is 1. The second-order valence-electron chi connectivity index (χ2n) is 5.68. The molecule has 0 spiro atoms. The van der Waals surface area contributed by atoms with Gasteiger partial charge in [-0.05, 0) is 35.9 Å². The first-order valence-corrected chi connectivity index (χ1v) is 8.05. The van der Waals surface area contributed by atoms with Crippen molar-refractivity contribution >= 4 is 11.4 Å². The Morgan fingerprint density at radius 1 is 0.962 bits per heavy atom. The minimum atomic E-state index is -0.427. The molecule has 0 bridgehead atoms. The molecule has 0 radical (unpaired) electrons. The second-order valence-corrected chi connectivity index (χ2v) is 5.68. The molecule has 0 saturated carbocycles. The van der Waals surface area contributed by atoms with Gasteiger partial charge in [0.05, 0.1) is 4.92 Å². The summed E-state index contributed by atoms with van der Waals surface area (Å²) in [6.07, 6.45) is 0. The topological polar surface area (TPSA) is 64.4 Å². The monoisotopic (exact) mass is 352 g/mol. The molecule has 3 rings (SSSR count). The summed E-state index contributed by atoms with van der Waals surface area (Å²) in [4.78, 5) is 10.2. The van der Waals surface area contributed by atoms with Gasteiger partial charge in [0.1, 0.15) is 18.2 Å². The number of ether oxygens (including phenoxy) is 1. The molecule has 0 aromatic heterocycles. The van der Waals surface area contributed by atoms with Gasteiger partial charge in [-0.25, -0.2) is 4.39 Å². The smallest absolute Gasteiger partial charge is 0.269 e. The average molecular weight is 352 g/mol. The summed E-state index contributed by atoms with van der Waals surface area (Å²) in [5.74, 6) is 0.378. The van der Waals surface area contributed by atoms with Crippen LogP contribution in [0.1, 0.15) is 11.1 Å². The van der Waals surface area contributed by atoms with Gasteiger partial charge in [-0.1, -0.05) is 30.3 Å². The lowest BCUT2D eigenvalue weighted by atomic mass is 10.2. The summed E-state index contributed by atoms with van der Waals surface area (Å²) in [5, 5.41) is 13.8. The number of halogens is 1. The first kappa shape index (κ1) is 17.4. The van der Waals surface area contributed by atoms with Crippen LogP contribution in [0.2, 0.25) is 0 Å². The molecular formula is C20H17FN2O3. The van der Waals surface area contributed by atoms with Crippen LogP contribution < -0.4 is 10.1 Å². The SMILES string of the molecule is O=[N+]([O-])c1ccc(NCc2ccc(OCc3ccccc3F)cc2)cc1. The van der Waals surface area contributed by atoms with Crippen molar-refractivity contribution in [2.75, 3.05) is 5.32 Å². The lowest BCUT2D eigenvalue weighted by Gasteiger charge is -2.09. The van der Waals surface area contributed by atoms with Crippen molar-refractivity contribution in [3.8, 4) is 5.75 Å². The standard InChI is InChI=1S/C20H17FN2O3/c21-20-4-2-1-3-16(20)14-26-19-11-5-15(6-12-19)13-22-17-7-9-18(10-8-17)23(24)25/h1-12,22H,13-14H2. The highest BCUT2D eigenvalue weighted by Gasteiger charge is 2.04. The number of nitro benzene ring substituents is 1. The molecule has 0 aliphatic rings. The van der Waals surface area contributed by atoms with E-state index < -0.39 is 4.92 Å². The van der Waals surface area contributed by atoms with E-state index in [-0.39, 0.29) is 18.1 Å². The van der Waals surface area contributed by atoms with E-state index in [1.165, 1.54) is 18.2 Å². The molecule has 0 amide bonds. The van der Waals surface area contributed by atoms with Crippen LogP contribution in [0.3, 0.4) is 0 Å². The summed E-state index contributed by atoms with van der Waals surface area (Å²) in [5.41, 5.74) is 2.40. The number of nitro groups is 1. The molecule has 132 valence electrons. The van der Waals surface area contributed by atoms with Crippen molar-refractivity contribution in [3.05, 3.63) is 99.9 Å². The quantitative estimate of drug-likeness (QED) is 0.484. The largest absolute Gasteiger partial charge is 0.489 e. The average Bonchev–Trinajstić information content (AvgIpc) is 2.67. The van der Waals surface area contributed by atoms with Gasteiger partial charge in [-0.3, -0.25) is 10.1 Å². The Bertz CT molecular complexity index is 880. The summed E-state index contributed by atoms with van der Waals surface area (Å²) in [6.45, 7) is 0.748. The van der Waals surface area contributed by atoms with E-state index in [0.29, 0.717) is 17.9 Å². The molecule has 0 heterocycles. The fourth-order valence-electron chi connectivity index (χ4n) is 2.39. The fraction of sp³-hybridized carbons (Fsp3) is 0.100. The summed E-state index contributed by atoms with van der Waals surface area (Å²) >= 11 is 0. The van der Waals surface area contributed by atoms with Gasteiger partial charge >= 0.3 is 0 Å². The molecule has 1 N–H and O–H groups in total. The van der Waals surface area contributed by atoms with E-state index >= 15 is 0 Å². The van der Waals surface area contributed by atoms with Crippen molar-refractivity contribution in [3.63, 3.8) is 0 Å². The maximum absolute atomic E-state index is 13.6. The molecule has 6 heteroatoms. The molecule has 3 aromatic rings. The predicted octanol–water partition coefficient (Wildman–Crippen LogP) is 4.93. The molecule has 0 unspecified atom stereocenters. The van der Waals surface area contributed by atoms with Crippen LogP contribution in [0.4, 0.5) is 15.8 Å². The van der Waals surface area contributed by atoms with Gasteiger partial charge in [-0.2, -0.15) is 0 Å². The zero-order valence-electron chi connectivity index (χ0n) is 13.9. The number of anilines is 1. The Balaban J connectivity index is 1.52. The van der Waals surface area contributed by atoms with E-state index in [4.69, 9.17) is 4.74 Å². The lowest BCUT2D eigenvalue weighted by Crippen LogP contribution is -2.00. The van der Waals surface area contributed by atoms with E-state index in [1.54, 1.807) is 30.3 Å². The first-order chi connectivity index (χ1) is 12.6. The summed E-state index contributed by atoms with van der Waals surface area (Å²) in [7, 11) is 0. The van der Waals surface area contributed by atoms with Crippen LogP contribution in [0.5, 0.6) is 5.75 Å². The van der Waals surface area contributed by atoms with Crippen LogP contribution in [0.15, 0.2) is 72.8 Å². The van der Waals surface area contributed by atoms with Crippen molar-refractivity contribution < 1.29 is 14.1 Å². The van der Waals surface area contributed by atoms with Crippen LogP contribution in [0, 0.1) is 15.9 Å². The highest BCUT2D eigenvalue weighted by atomic mass is 19.1. The minimum Gasteiger partial charge on any atom is -0.489 e. The molecule has 5 nitrogen and oxygen atoms in total. The molecule has 3 aromatic carbocycles. The summed E-state index contributed by atoms with van der Waals surface area (Å²) < 4.78 is 19.2. The maximum Gasteiger partial charge on any atom is 0.269 e. The predicted molar refractivity (Wildman–Crippen MR) is 97.6 cm³/mol. The zero-order chi connectivity index (χ0) is 18.4. The number of non-ortho nitro benzene ring substituents is 1. The normalized spacial score (nSPS) is 10.3. The molecule has 26 heavy (non-hydrogen) atoms. The van der Waals surface area contributed by atoms with Crippen molar-refractivity contribution in [1.29, 1.82) is 0 Å².